The monoisotopic (exact) mass is 273 g/mol. The van der Waals surface area contributed by atoms with Crippen molar-refractivity contribution in [3.8, 4) is 11.5 Å². The van der Waals surface area contributed by atoms with E-state index in [2.05, 4.69) is 10.1 Å². The van der Waals surface area contributed by atoms with E-state index in [1.54, 1.807) is 30.3 Å². The highest BCUT2D eigenvalue weighted by molar-refractivity contribution is 5.93. The van der Waals surface area contributed by atoms with Crippen LogP contribution >= 0.6 is 0 Å². The van der Waals surface area contributed by atoms with Gasteiger partial charge in [0.25, 0.3) is 0 Å². The summed E-state index contributed by atoms with van der Waals surface area (Å²) < 4.78 is 4.59. The Kier molecular flexibility index (Phi) is 4.10. The first-order valence-corrected chi connectivity index (χ1v) is 6.03. The Bertz CT molecular complexity index is 608. The lowest BCUT2D eigenvalue weighted by Gasteiger charge is -2.09. The molecule has 0 aromatic heterocycles. The highest BCUT2D eigenvalue weighted by Crippen LogP contribution is 2.22. The number of methoxy groups -OCH3 is 1. The number of rotatable bonds is 4. The number of hydrogen-bond donors (Lipinski definition) is 3. The van der Waals surface area contributed by atoms with Crippen LogP contribution in [0.2, 0.25) is 0 Å². The second-order valence-electron chi connectivity index (χ2n) is 4.24. The summed E-state index contributed by atoms with van der Waals surface area (Å²) in [5, 5.41) is 21.9. The van der Waals surface area contributed by atoms with E-state index in [1.165, 1.54) is 19.2 Å². The SMILES string of the molecule is COC(=O)c1cc(NCc2ccc(O)cc2)ccc1O. The number of anilines is 1. The summed E-state index contributed by atoms with van der Waals surface area (Å²) in [7, 11) is 1.26. The smallest absolute Gasteiger partial charge is 0.341 e. The molecule has 0 heterocycles. The molecule has 3 N–H and O–H groups in total. The molecule has 2 aromatic carbocycles. The molecule has 0 fully saturated rings. The summed E-state index contributed by atoms with van der Waals surface area (Å²) in [5.74, 6) is -0.492. The fourth-order valence-corrected chi connectivity index (χ4v) is 1.74. The number of hydrogen-bond acceptors (Lipinski definition) is 5. The minimum atomic E-state index is -0.587. The Hall–Kier alpha value is -2.69. The minimum Gasteiger partial charge on any atom is -0.508 e. The summed E-state index contributed by atoms with van der Waals surface area (Å²) >= 11 is 0. The van der Waals surface area contributed by atoms with Crippen molar-refractivity contribution >= 4 is 11.7 Å². The van der Waals surface area contributed by atoms with Gasteiger partial charge in [0.2, 0.25) is 0 Å². The van der Waals surface area contributed by atoms with E-state index in [-0.39, 0.29) is 17.1 Å². The van der Waals surface area contributed by atoms with Gasteiger partial charge < -0.3 is 20.3 Å². The number of phenolic OH excluding ortho intramolecular Hbond substituents is 2. The number of carbonyl (C=O) groups is 1. The van der Waals surface area contributed by atoms with Gasteiger partial charge in [-0.05, 0) is 35.9 Å². The largest absolute Gasteiger partial charge is 0.508 e. The van der Waals surface area contributed by atoms with Crippen molar-refractivity contribution < 1.29 is 19.7 Å². The third-order valence-corrected chi connectivity index (χ3v) is 2.83. The van der Waals surface area contributed by atoms with Gasteiger partial charge in [-0.1, -0.05) is 12.1 Å². The first kappa shape index (κ1) is 13.7. The molecule has 0 aliphatic heterocycles. The van der Waals surface area contributed by atoms with Crippen LogP contribution in [0.5, 0.6) is 11.5 Å². The van der Waals surface area contributed by atoms with Crippen LogP contribution in [-0.2, 0) is 11.3 Å². The Labute approximate surface area is 116 Å². The van der Waals surface area contributed by atoms with Crippen molar-refractivity contribution in [1.29, 1.82) is 0 Å². The van der Waals surface area contributed by atoms with Crippen LogP contribution in [0.15, 0.2) is 42.5 Å². The number of aromatic hydroxyl groups is 2. The average molecular weight is 273 g/mol. The number of nitrogens with one attached hydrogen (secondary N) is 1. The summed E-state index contributed by atoms with van der Waals surface area (Å²) in [6, 6.07) is 11.4. The molecule has 20 heavy (non-hydrogen) atoms. The van der Waals surface area contributed by atoms with Gasteiger partial charge in [-0.3, -0.25) is 0 Å². The molecule has 0 saturated heterocycles. The molecule has 5 nitrogen and oxygen atoms in total. The fourth-order valence-electron chi connectivity index (χ4n) is 1.74. The summed E-state index contributed by atoms with van der Waals surface area (Å²) in [6.07, 6.45) is 0. The molecule has 0 spiro atoms. The molecule has 0 aliphatic rings. The second-order valence-corrected chi connectivity index (χ2v) is 4.24. The van der Waals surface area contributed by atoms with Crippen LogP contribution in [-0.4, -0.2) is 23.3 Å². The van der Waals surface area contributed by atoms with E-state index in [9.17, 15) is 15.0 Å². The zero-order chi connectivity index (χ0) is 14.5. The van der Waals surface area contributed by atoms with Gasteiger partial charge in [0.05, 0.1) is 7.11 Å². The third kappa shape index (κ3) is 3.20. The predicted molar refractivity (Wildman–Crippen MR) is 74.9 cm³/mol. The van der Waals surface area contributed by atoms with E-state index in [1.807, 2.05) is 0 Å². The first-order valence-electron chi connectivity index (χ1n) is 6.03. The van der Waals surface area contributed by atoms with Gasteiger partial charge in [0.15, 0.2) is 0 Å². The zero-order valence-electron chi connectivity index (χ0n) is 11.0. The molecular formula is C15H15NO4. The predicted octanol–water partition coefficient (Wildman–Crippen LogP) is 2.50. The van der Waals surface area contributed by atoms with E-state index in [4.69, 9.17) is 0 Å². The zero-order valence-corrected chi connectivity index (χ0v) is 11.0. The number of esters is 1. The lowest BCUT2D eigenvalue weighted by atomic mass is 10.1. The van der Waals surface area contributed by atoms with Crippen LogP contribution in [0, 0.1) is 0 Å². The Balaban J connectivity index is 2.10. The highest BCUT2D eigenvalue weighted by atomic mass is 16.5. The van der Waals surface area contributed by atoms with E-state index >= 15 is 0 Å². The average Bonchev–Trinajstić information content (AvgIpc) is 2.47. The maximum atomic E-state index is 11.5. The summed E-state index contributed by atoms with van der Waals surface area (Å²) in [6.45, 7) is 0.533. The van der Waals surface area contributed by atoms with Gasteiger partial charge in [-0.2, -0.15) is 0 Å². The van der Waals surface area contributed by atoms with Crippen LogP contribution < -0.4 is 5.32 Å². The molecular weight excluding hydrogens is 258 g/mol. The molecule has 0 saturated carbocycles. The quantitative estimate of drug-likeness (QED) is 0.589. The minimum absolute atomic E-state index is 0.114. The maximum absolute atomic E-state index is 11.5. The second kappa shape index (κ2) is 5.97. The lowest BCUT2D eigenvalue weighted by molar-refractivity contribution is 0.0597. The van der Waals surface area contributed by atoms with Gasteiger partial charge in [-0.15, -0.1) is 0 Å². The van der Waals surface area contributed by atoms with Gasteiger partial charge in [0, 0.05) is 12.2 Å². The molecule has 5 heteroatoms. The number of benzene rings is 2. The molecule has 0 atom stereocenters. The van der Waals surface area contributed by atoms with E-state index in [0.29, 0.717) is 12.2 Å². The van der Waals surface area contributed by atoms with Crippen molar-refractivity contribution in [3.05, 3.63) is 53.6 Å². The Morgan fingerprint density at radius 3 is 2.50 bits per heavy atom. The fraction of sp³-hybridized carbons (Fsp3) is 0.133. The molecule has 0 unspecified atom stereocenters. The normalized spacial score (nSPS) is 10.1. The molecule has 2 rings (SSSR count). The molecule has 0 bridgehead atoms. The molecule has 0 aliphatic carbocycles. The van der Waals surface area contributed by atoms with Crippen LogP contribution in [0.1, 0.15) is 15.9 Å². The van der Waals surface area contributed by atoms with Crippen molar-refractivity contribution in [3.63, 3.8) is 0 Å². The van der Waals surface area contributed by atoms with Crippen LogP contribution in [0.3, 0.4) is 0 Å². The van der Waals surface area contributed by atoms with E-state index < -0.39 is 5.97 Å². The van der Waals surface area contributed by atoms with Crippen molar-refractivity contribution in [1.82, 2.24) is 0 Å². The lowest BCUT2D eigenvalue weighted by Crippen LogP contribution is -2.04. The molecule has 0 amide bonds. The first-order chi connectivity index (χ1) is 9.60. The number of phenols is 2. The van der Waals surface area contributed by atoms with Crippen molar-refractivity contribution in [2.45, 2.75) is 6.54 Å². The molecule has 104 valence electrons. The number of carbonyl (C=O) groups excluding carboxylic acids is 1. The topological polar surface area (TPSA) is 78.8 Å². The van der Waals surface area contributed by atoms with E-state index in [0.717, 1.165) is 5.56 Å². The summed E-state index contributed by atoms with van der Waals surface area (Å²) in [5.41, 5.74) is 1.79. The van der Waals surface area contributed by atoms with Crippen LogP contribution in [0.25, 0.3) is 0 Å². The maximum Gasteiger partial charge on any atom is 0.341 e. The Morgan fingerprint density at radius 1 is 1.15 bits per heavy atom. The van der Waals surface area contributed by atoms with Gasteiger partial charge in [0.1, 0.15) is 17.1 Å². The van der Waals surface area contributed by atoms with Crippen molar-refractivity contribution in [2.24, 2.45) is 0 Å². The van der Waals surface area contributed by atoms with Gasteiger partial charge >= 0.3 is 5.97 Å². The standard InChI is InChI=1S/C15H15NO4/c1-20-15(19)13-8-11(4-7-14(13)18)16-9-10-2-5-12(17)6-3-10/h2-8,16-18H,9H2,1H3. The molecule has 2 aromatic rings. The van der Waals surface area contributed by atoms with Gasteiger partial charge in [-0.25, -0.2) is 4.79 Å². The summed E-state index contributed by atoms with van der Waals surface area (Å²) in [4.78, 5) is 11.5. The number of ether oxygens (including phenoxy) is 1. The molecule has 0 radical (unpaired) electrons. The van der Waals surface area contributed by atoms with Crippen LogP contribution in [0.4, 0.5) is 5.69 Å². The third-order valence-electron chi connectivity index (χ3n) is 2.83. The Morgan fingerprint density at radius 2 is 1.85 bits per heavy atom. The van der Waals surface area contributed by atoms with Crippen molar-refractivity contribution in [2.75, 3.05) is 12.4 Å². The highest BCUT2D eigenvalue weighted by Gasteiger charge is 2.11.